The molecule has 1 atom stereocenters. The Hall–Kier alpha value is -0.840. The smallest absolute Gasteiger partial charge is 0.270 e. The van der Waals surface area contributed by atoms with Crippen molar-refractivity contribution in [3.05, 3.63) is 29.0 Å². The van der Waals surface area contributed by atoms with Crippen LogP contribution in [0, 0.1) is 0 Å². The molecular formula is C9H13Cl2N3O. The normalized spacial score (nSPS) is 11.4. The lowest BCUT2D eigenvalue weighted by Crippen LogP contribution is -2.38. The van der Waals surface area contributed by atoms with Gasteiger partial charge in [0.2, 0.25) is 0 Å². The van der Waals surface area contributed by atoms with Crippen molar-refractivity contribution in [3.63, 3.8) is 0 Å². The van der Waals surface area contributed by atoms with Crippen LogP contribution in [-0.2, 0) is 0 Å². The van der Waals surface area contributed by atoms with Gasteiger partial charge in [-0.3, -0.25) is 4.79 Å². The van der Waals surface area contributed by atoms with Gasteiger partial charge in [0.25, 0.3) is 5.91 Å². The van der Waals surface area contributed by atoms with Crippen LogP contribution in [-0.4, -0.2) is 23.5 Å². The summed E-state index contributed by atoms with van der Waals surface area (Å²) in [6.07, 6.45) is 0. The predicted molar refractivity (Wildman–Crippen MR) is 62.5 cm³/mol. The molecule has 15 heavy (non-hydrogen) atoms. The van der Waals surface area contributed by atoms with Crippen LogP contribution in [0.25, 0.3) is 0 Å². The molecule has 1 rings (SSSR count). The summed E-state index contributed by atoms with van der Waals surface area (Å²) in [7, 11) is 0. The number of hydrogen-bond donors (Lipinski definition) is 2. The van der Waals surface area contributed by atoms with Crippen molar-refractivity contribution in [2.75, 3.05) is 6.54 Å². The summed E-state index contributed by atoms with van der Waals surface area (Å²) in [6, 6.07) is 4.83. The molecule has 1 aromatic rings. The van der Waals surface area contributed by atoms with E-state index in [0.717, 1.165) is 0 Å². The predicted octanol–water partition coefficient (Wildman–Crippen LogP) is 1.23. The van der Waals surface area contributed by atoms with Crippen LogP contribution in [0.15, 0.2) is 18.2 Å². The molecule has 1 aromatic heterocycles. The van der Waals surface area contributed by atoms with Crippen LogP contribution in [0.2, 0.25) is 5.15 Å². The minimum Gasteiger partial charge on any atom is -0.347 e. The van der Waals surface area contributed by atoms with Gasteiger partial charge in [-0.2, -0.15) is 0 Å². The van der Waals surface area contributed by atoms with Crippen LogP contribution < -0.4 is 11.1 Å². The minimum absolute atomic E-state index is 0. The van der Waals surface area contributed by atoms with Gasteiger partial charge < -0.3 is 11.1 Å². The summed E-state index contributed by atoms with van der Waals surface area (Å²) < 4.78 is 0. The minimum atomic E-state index is -0.259. The molecule has 1 heterocycles. The molecule has 0 aliphatic carbocycles. The second-order valence-corrected chi connectivity index (χ2v) is 3.34. The Morgan fingerprint density at radius 3 is 2.87 bits per heavy atom. The van der Waals surface area contributed by atoms with E-state index in [0.29, 0.717) is 17.4 Å². The quantitative estimate of drug-likeness (QED) is 0.793. The average molecular weight is 250 g/mol. The van der Waals surface area contributed by atoms with Crippen molar-refractivity contribution in [1.29, 1.82) is 0 Å². The molecule has 0 unspecified atom stereocenters. The van der Waals surface area contributed by atoms with E-state index in [1.807, 2.05) is 6.92 Å². The van der Waals surface area contributed by atoms with Crippen molar-refractivity contribution >= 4 is 29.9 Å². The first-order chi connectivity index (χ1) is 6.63. The highest BCUT2D eigenvalue weighted by atomic mass is 35.5. The topological polar surface area (TPSA) is 68.0 Å². The van der Waals surface area contributed by atoms with E-state index < -0.39 is 0 Å². The van der Waals surface area contributed by atoms with Gasteiger partial charge in [0.05, 0.1) is 0 Å². The molecule has 4 nitrogen and oxygen atoms in total. The first-order valence-electron chi connectivity index (χ1n) is 4.27. The van der Waals surface area contributed by atoms with Crippen molar-refractivity contribution in [2.45, 2.75) is 13.0 Å². The maximum Gasteiger partial charge on any atom is 0.270 e. The Kier molecular flexibility index (Phi) is 6.24. The SMILES string of the molecule is C[C@@H](CN)NC(=O)c1cccc(Cl)n1.Cl. The zero-order valence-electron chi connectivity index (χ0n) is 8.24. The number of hydrogen-bond acceptors (Lipinski definition) is 3. The van der Waals surface area contributed by atoms with Crippen LogP contribution in [0.4, 0.5) is 0 Å². The fourth-order valence-corrected chi connectivity index (χ4v) is 1.06. The molecule has 0 saturated carbocycles. The molecule has 6 heteroatoms. The number of amides is 1. The lowest BCUT2D eigenvalue weighted by atomic mass is 10.3. The monoisotopic (exact) mass is 249 g/mol. The van der Waals surface area contributed by atoms with Gasteiger partial charge in [0.15, 0.2) is 0 Å². The van der Waals surface area contributed by atoms with E-state index in [9.17, 15) is 4.79 Å². The first-order valence-corrected chi connectivity index (χ1v) is 4.64. The lowest BCUT2D eigenvalue weighted by Gasteiger charge is -2.10. The van der Waals surface area contributed by atoms with Gasteiger partial charge in [0, 0.05) is 12.6 Å². The Labute approximate surface area is 99.6 Å². The second kappa shape index (κ2) is 6.61. The highest BCUT2D eigenvalue weighted by Gasteiger charge is 2.09. The number of aromatic nitrogens is 1. The van der Waals surface area contributed by atoms with Gasteiger partial charge in [-0.25, -0.2) is 4.98 Å². The van der Waals surface area contributed by atoms with Crippen LogP contribution in [0.1, 0.15) is 17.4 Å². The summed E-state index contributed by atoms with van der Waals surface area (Å²) >= 11 is 5.64. The number of carbonyl (C=O) groups excluding carboxylic acids is 1. The largest absolute Gasteiger partial charge is 0.347 e. The fourth-order valence-electron chi connectivity index (χ4n) is 0.891. The Balaban J connectivity index is 0.00000196. The lowest BCUT2D eigenvalue weighted by molar-refractivity contribution is 0.0936. The number of nitrogens with one attached hydrogen (secondary N) is 1. The maximum atomic E-state index is 11.5. The highest BCUT2D eigenvalue weighted by Crippen LogP contribution is 2.04. The Morgan fingerprint density at radius 2 is 2.33 bits per heavy atom. The third kappa shape index (κ3) is 4.46. The molecule has 0 spiro atoms. The van der Waals surface area contributed by atoms with Crippen LogP contribution >= 0.6 is 24.0 Å². The van der Waals surface area contributed by atoms with Crippen LogP contribution in [0.3, 0.4) is 0 Å². The van der Waals surface area contributed by atoms with E-state index >= 15 is 0 Å². The molecule has 0 radical (unpaired) electrons. The van der Waals surface area contributed by atoms with Crippen molar-refractivity contribution in [3.8, 4) is 0 Å². The molecule has 0 aromatic carbocycles. The van der Waals surface area contributed by atoms with E-state index in [1.54, 1.807) is 18.2 Å². The molecular weight excluding hydrogens is 237 g/mol. The van der Waals surface area contributed by atoms with Gasteiger partial charge in [-0.15, -0.1) is 12.4 Å². The average Bonchev–Trinajstić information content (AvgIpc) is 2.17. The molecule has 0 aliphatic heterocycles. The zero-order valence-corrected chi connectivity index (χ0v) is 9.81. The summed E-state index contributed by atoms with van der Waals surface area (Å²) in [6.45, 7) is 2.22. The van der Waals surface area contributed by atoms with E-state index in [1.165, 1.54) is 0 Å². The molecule has 0 bridgehead atoms. The fraction of sp³-hybridized carbons (Fsp3) is 0.333. The van der Waals surface area contributed by atoms with E-state index in [2.05, 4.69) is 10.3 Å². The summed E-state index contributed by atoms with van der Waals surface area (Å²) in [4.78, 5) is 15.4. The third-order valence-electron chi connectivity index (χ3n) is 1.68. The van der Waals surface area contributed by atoms with E-state index in [-0.39, 0.29) is 24.4 Å². The number of nitrogens with zero attached hydrogens (tertiary/aromatic N) is 1. The molecule has 1 amide bonds. The molecule has 0 aliphatic rings. The van der Waals surface area contributed by atoms with Crippen molar-refractivity contribution in [2.24, 2.45) is 5.73 Å². The molecule has 3 N–H and O–H groups in total. The molecule has 84 valence electrons. The standard InChI is InChI=1S/C9H12ClN3O.ClH/c1-6(5-11)12-9(14)7-3-2-4-8(10)13-7;/h2-4,6H,5,11H2,1H3,(H,12,14);1H/t6-;/m0./s1. The number of halogens is 2. The Bertz CT molecular complexity index is 333. The summed E-state index contributed by atoms with van der Waals surface area (Å²) in [5.41, 5.74) is 5.67. The number of carbonyl (C=O) groups is 1. The maximum absolute atomic E-state index is 11.5. The van der Waals surface area contributed by atoms with Crippen molar-refractivity contribution < 1.29 is 4.79 Å². The van der Waals surface area contributed by atoms with Crippen LogP contribution in [0.5, 0.6) is 0 Å². The molecule has 0 fully saturated rings. The third-order valence-corrected chi connectivity index (χ3v) is 1.89. The highest BCUT2D eigenvalue weighted by molar-refractivity contribution is 6.29. The summed E-state index contributed by atoms with van der Waals surface area (Å²) in [5, 5.41) is 2.99. The van der Waals surface area contributed by atoms with E-state index in [4.69, 9.17) is 17.3 Å². The van der Waals surface area contributed by atoms with Gasteiger partial charge in [0.1, 0.15) is 10.8 Å². The zero-order chi connectivity index (χ0) is 10.6. The Morgan fingerprint density at radius 1 is 1.67 bits per heavy atom. The first kappa shape index (κ1) is 14.2. The van der Waals surface area contributed by atoms with Gasteiger partial charge in [-0.1, -0.05) is 17.7 Å². The number of nitrogens with two attached hydrogens (primary N) is 1. The number of pyridine rings is 1. The van der Waals surface area contributed by atoms with Crippen molar-refractivity contribution in [1.82, 2.24) is 10.3 Å². The second-order valence-electron chi connectivity index (χ2n) is 2.96. The number of rotatable bonds is 3. The van der Waals surface area contributed by atoms with Gasteiger partial charge in [-0.05, 0) is 19.1 Å². The molecule has 0 saturated heterocycles. The summed E-state index contributed by atoms with van der Waals surface area (Å²) in [5.74, 6) is -0.259. The van der Waals surface area contributed by atoms with Gasteiger partial charge >= 0.3 is 0 Å².